The maximum Gasteiger partial charge on any atom is 0.256 e. The van der Waals surface area contributed by atoms with Crippen molar-refractivity contribution in [2.45, 2.75) is 19.9 Å². The topological polar surface area (TPSA) is 44.8 Å². The normalized spacial score (nSPS) is 16.0. The number of hydrogen-bond acceptors (Lipinski definition) is 5. The van der Waals surface area contributed by atoms with E-state index in [1.807, 2.05) is 42.5 Å². The van der Waals surface area contributed by atoms with Crippen molar-refractivity contribution in [3.8, 4) is 5.75 Å². The molecule has 4 rings (SSSR count). The summed E-state index contributed by atoms with van der Waals surface area (Å²) in [4.78, 5) is 19.1. The minimum absolute atomic E-state index is 0.0695. The quantitative estimate of drug-likeness (QED) is 0.578. The van der Waals surface area contributed by atoms with Gasteiger partial charge >= 0.3 is 0 Å². The highest BCUT2D eigenvalue weighted by atomic mass is 32.1. The third-order valence-corrected chi connectivity index (χ3v) is 7.44. The van der Waals surface area contributed by atoms with Crippen molar-refractivity contribution in [1.82, 2.24) is 9.80 Å². The molecule has 3 aromatic rings. The molecule has 1 saturated heterocycles. The van der Waals surface area contributed by atoms with Crippen LogP contribution in [0, 0.1) is 13.8 Å². The average molecular weight is 450 g/mol. The van der Waals surface area contributed by atoms with Gasteiger partial charge in [-0.2, -0.15) is 0 Å². The van der Waals surface area contributed by atoms with Crippen molar-refractivity contribution >= 4 is 22.2 Å². The van der Waals surface area contributed by atoms with E-state index in [-0.39, 0.29) is 11.9 Å². The first kappa shape index (κ1) is 22.5. The lowest BCUT2D eigenvalue weighted by atomic mass is 9.94. The first-order valence-corrected chi connectivity index (χ1v) is 11.8. The maximum absolute atomic E-state index is 13.0. The van der Waals surface area contributed by atoms with Gasteiger partial charge in [-0.1, -0.05) is 30.3 Å². The molecule has 1 aromatic heterocycles. The molecule has 1 atom stereocenters. The highest BCUT2D eigenvalue weighted by molar-refractivity contribution is 7.16. The summed E-state index contributed by atoms with van der Waals surface area (Å²) >= 11 is 1.67. The van der Waals surface area contributed by atoms with Gasteiger partial charge in [0.15, 0.2) is 0 Å². The van der Waals surface area contributed by atoms with Crippen molar-refractivity contribution < 1.29 is 9.53 Å². The summed E-state index contributed by atoms with van der Waals surface area (Å²) in [7, 11) is 3.86. The Kier molecular flexibility index (Phi) is 6.94. The van der Waals surface area contributed by atoms with Crippen LogP contribution in [0.2, 0.25) is 0 Å². The van der Waals surface area contributed by atoms with Gasteiger partial charge in [0, 0.05) is 42.2 Å². The predicted octanol–water partition coefficient (Wildman–Crippen LogP) is 4.96. The van der Waals surface area contributed by atoms with E-state index in [2.05, 4.69) is 48.1 Å². The van der Waals surface area contributed by atoms with E-state index in [4.69, 9.17) is 4.74 Å². The molecule has 2 heterocycles. The van der Waals surface area contributed by atoms with E-state index in [0.29, 0.717) is 5.56 Å². The van der Waals surface area contributed by atoms with Gasteiger partial charge in [-0.05, 0) is 56.3 Å². The van der Waals surface area contributed by atoms with Gasteiger partial charge in [0.2, 0.25) is 0 Å². The standard InChI is InChI=1S/C26H31N3O2S/c1-18-19(2)32-26(27-25(30)21-8-6-5-7-9-21)23(18)24(29-16-14-28(3)15-17-29)20-10-12-22(31-4)13-11-20/h5-13,24H,14-17H2,1-4H3,(H,27,30)/t24-/m0/s1. The van der Waals surface area contributed by atoms with E-state index >= 15 is 0 Å². The number of thiophene rings is 1. The van der Waals surface area contributed by atoms with Crippen LogP contribution in [-0.4, -0.2) is 56.0 Å². The van der Waals surface area contributed by atoms with Crippen molar-refractivity contribution in [3.05, 3.63) is 81.7 Å². The van der Waals surface area contributed by atoms with E-state index < -0.39 is 0 Å². The van der Waals surface area contributed by atoms with Crippen LogP contribution in [0.15, 0.2) is 54.6 Å². The summed E-state index contributed by atoms with van der Waals surface area (Å²) in [5, 5.41) is 4.17. The summed E-state index contributed by atoms with van der Waals surface area (Å²) in [6, 6.07) is 17.8. The van der Waals surface area contributed by atoms with Crippen LogP contribution in [0.4, 0.5) is 5.00 Å². The summed E-state index contributed by atoms with van der Waals surface area (Å²) < 4.78 is 5.39. The highest BCUT2D eigenvalue weighted by Gasteiger charge is 2.31. The number of ether oxygens (including phenoxy) is 1. The number of methoxy groups -OCH3 is 1. The number of carbonyl (C=O) groups is 1. The third kappa shape index (κ3) is 4.72. The molecule has 168 valence electrons. The van der Waals surface area contributed by atoms with Gasteiger partial charge in [-0.15, -0.1) is 11.3 Å². The van der Waals surface area contributed by atoms with Crippen LogP contribution in [0.3, 0.4) is 0 Å². The Morgan fingerprint density at radius 2 is 1.66 bits per heavy atom. The van der Waals surface area contributed by atoms with Crippen molar-refractivity contribution in [3.63, 3.8) is 0 Å². The number of nitrogens with zero attached hydrogens (tertiary/aromatic N) is 2. The van der Waals surface area contributed by atoms with Gasteiger partial charge in [0.25, 0.3) is 5.91 Å². The molecule has 5 nitrogen and oxygen atoms in total. The minimum atomic E-state index is -0.0695. The number of benzene rings is 2. The second-order valence-corrected chi connectivity index (χ2v) is 9.59. The fourth-order valence-electron chi connectivity index (χ4n) is 4.26. The molecule has 6 heteroatoms. The van der Waals surface area contributed by atoms with Crippen molar-refractivity contribution in [1.29, 1.82) is 0 Å². The van der Waals surface area contributed by atoms with Gasteiger partial charge in [-0.3, -0.25) is 9.69 Å². The third-order valence-electron chi connectivity index (χ3n) is 6.30. The average Bonchev–Trinajstić information content (AvgIpc) is 3.09. The Bertz CT molecular complexity index is 1050. The minimum Gasteiger partial charge on any atom is -0.497 e. The lowest BCUT2D eigenvalue weighted by molar-refractivity contribution is 0.102. The fraction of sp³-hybridized carbons (Fsp3) is 0.346. The van der Waals surface area contributed by atoms with Crippen molar-refractivity contribution in [2.75, 3.05) is 45.7 Å². The lowest BCUT2D eigenvalue weighted by Crippen LogP contribution is -2.46. The number of likely N-dealkylation sites (N-methyl/N-ethyl adjacent to an activating group) is 1. The monoisotopic (exact) mass is 449 g/mol. The Balaban J connectivity index is 1.75. The zero-order valence-electron chi connectivity index (χ0n) is 19.2. The summed E-state index contributed by atoms with van der Waals surface area (Å²) in [6.45, 7) is 8.32. The number of aryl methyl sites for hydroxylation is 1. The molecule has 2 aromatic carbocycles. The summed E-state index contributed by atoms with van der Waals surface area (Å²) in [5.74, 6) is 0.779. The number of carbonyl (C=O) groups excluding carboxylic acids is 1. The van der Waals surface area contributed by atoms with Crippen LogP contribution in [0.5, 0.6) is 5.75 Å². The van der Waals surface area contributed by atoms with Crippen LogP contribution in [0.25, 0.3) is 0 Å². The molecule has 0 radical (unpaired) electrons. The van der Waals surface area contributed by atoms with Crippen molar-refractivity contribution in [2.24, 2.45) is 0 Å². The van der Waals surface area contributed by atoms with Crippen LogP contribution in [-0.2, 0) is 0 Å². The Labute approximate surface area is 194 Å². The van der Waals surface area contributed by atoms with E-state index in [1.165, 1.54) is 21.6 Å². The van der Waals surface area contributed by atoms with Gasteiger partial charge in [-0.25, -0.2) is 0 Å². The zero-order valence-corrected chi connectivity index (χ0v) is 20.0. The van der Waals surface area contributed by atoms with Gasteiger partial charge in [0.1, 0.15) is 10.8 Å². The molecule has 1 aliphatic rings. The molecule has 1 aliphatic heterocycles. The van der Waals surface area contributed by atoms with Crippen LogP contribution in [0.1, 0.15) is 38.0 Å². The Hall–Kier alpha value is -2.67. The lowest BCUT2D eigenvalue weighted by Gasteiger charge is -2.39. The number of rotatable bonds is 6. The zero-order chi connectivity index (χ0) is 22.7. The summed E-state index contributed by atoms with van der Waals surface area (Å²) in [5.41, 5.74) is 4.33. The molecular weight excluding hydrogens is 418 g/mol. The molecule has 0 bridgehead atoms. The first-order chi connectivity index (χ1) is 15.5. The smallest absolute Gasteiger partial charge is 0.256 e. The van der Waals surface area contributed by atoms with E-state index in [0.717, 1.165) is 36.9 Å². The predicted molar refractivity (Wildman–Crippen MR) is 132 cm³/mol. The fourth-order valence-corrected chi connectivity index (χ4v) is 5.35. The second kappa shape index (κ2) is 9.86. The van der Waals surface area contributed by atoms with Gasteiger partial charge in [0.05, 0.1) is 13.2 Å². The molecule has 1 amide bonds. The molecular formula is C26H31N3O2S. The maximum atomic E-state index is 13.0. The number of amides is 1. The first-order valence-electron chi connectivity index (χ1n) is 11.0. The van der Waals surface area contributed by atoms with E-state index in [9.17, 15) is 4.79 Å². The number of piperazine rings is 1. The molecule has 32 heavy (non-hydrogen) atoms. The number of anilines is 1. The summed E-state index contributed by atoms with van der Waals surface area (Å²) in [6.07, 6.45) is 0. The SMILES string of the molecule is COc1ccc([C@@H](c2c(NC(=O)c3ccccc3)sc(C)c2C)N2CCN(C)CC2)cc1. The highest BCUT2D eigenvalue weighted by Crippen LogP contribution is 2.42. The number of hydrogen-bond donors (Lipinski definition) is 1. The Morgan fingerprint density at radius 3 is 2.28 bits per heavy atom. The molecule has 1 N–H and O–H groups in total. The molecule has 1 fully saturated rings. The second-order valence-electron chi connectivity index (χ2n) is 8.36. The van der Waals surface area contributed by atoms with E-state index in [1.54, 1.807) is 18.4 Å². The molecule has 0 unspecified atom stereocenters. The van der Waals surface area contributed by atoms with Crippen LogP contribution < -0.4 is 10.1 Å². The largest absolute Gasteiger partial charge is 0.497 e. The van der Waals surface area contributed by atoms with Crippen LogP contribution >= 0.6 is 11.3 Å². The Morgan fingerprint density at radius 1 is 1.00 bits per heavy atom. The number of nitrogens with one attached hydrogen (secondary N) is 1. The van der Waals surface area contributed by atoms with Gasteiger partial charge < -0.3 is 15.0 Å². The molecule has 0 aliphatic carbocycles. The molecule has 0 spiro atoms. The molecule has 0 saturated carbocycles.